The zero-order valence-corrected chi connectivity index (χ0v) is 9.46. The lowest BCUT2D eigenvalue weighted by Gasteiger charge is -2.06. The van der Waals surface area contributed by atoms with Gasteiger partial charge in [-0.15, -0.1) is 0 Å². The Hall–Kier alpha value is -2.36. The number of nitrogens with two attached hydrogens (primary N) is 1. The van der Waals surface area contributed by atoms with Crippen molar-refractivity contribution in [2.45, 2.75) is 6.92 Å². The number of aryl methyl sites for hydroxylation is 1. The van der Waals surface area contributed by atoms with Crippen LogP contribution in [0.15, 0.2) is 42.6 Å². The third kappa shape index (κ3) is 1.54. The van der Waals surface area contributed by atoms with Crippen LogP contribution in [0.5, 0.6) is 0 Å². The summed E-state index contributed by atoms with van der Waals surface area (Å²) >= 11 is 0. The van der Waals surface area contributed by atoms with E-state index in [2.05, 4.69) is 9.97 Å². The number of aromatic nitrogens is 3. The molecule has 2 aromatic heterocycles. The summed E-state index contributed by atoms with van der Waals surface area (Å²) in [5, 5.41) is 0. The fraction of sp³-hybridized carbons (Fsp3) is 0.0769. The topological polar surface area (TPSA) is 56.7 Å². The average Bonchev–Trinajstić information content (AvgIpc) is 2.64. The van der Waals surface area contributed by atoms with E-state index in [9.17, 15) is 0 Å². The van der Waals surface area contributed by atoms with Gasteiger partial charge in [-0.25, -0.2) is 9.97 Å². The minimum Gasteiger partial charge on any atom is -0.399 e. The Balaban J connectivity index is 2.33. The van der Waals surface area contributed by atoms with Crippen LogP contribution in [0, 0.1) is 6.92 Å². The standard InChI is InChI=1S/C13H12N4/c1-9-16-12-6-3-7-15-13(12)17(9)11-5-2-4-10(14)8-11/h2-8H,14H2,1H3. The zero-order valence-electron chi connectivity index (χ0n) is 9.46. The lowest BCUT2D eigenvalue weighted by molar-refractivity contribution is 0.988. The molecular formula is C13H12N4. The van der Waals surface area contributed by atoms with Crippen molar-refractivity contribution < 1.29 is 0 Å². The molecular weight excluding hydrogens is 212 g/mol. The SMILES string of the molecule is Cc1nc2cccnc2n1-c1cccc(N)c1. The molecule has 4 nitrogen and oxygen atoms in total. The lowest BCUT2D eigenvalue weighted by Crippen LogP contribution is -1.98. The third-order valence-corrected chi connectivity index (χ3v) is 2.71. The maximum Gasteiger partial charge on any atom is 0.164 e. The van der Waals surface area contributed by atoms with E-state index < -0.39 is 0 Å². The second-order valence-corrected chi connectivity index (χ2v) is 3.94. The Morgan fingerprint density at radius 2 is 2.06 bits per heavy atom. The summed E-state index contributed by atoms with van der Waals surface area (Å²) in [6.07, 6.45) is 1.77. The first-order valence-electron chi connectivity index (χ1n) is 5.42. The number of nitrogens with zero attached hydrogens (tertiary/aromatic N) is 3. The van der Waals surface area contributed by atoms with E-state index in [0.717, 1.165) is 28.4 Å². The van der Waals surface area contributed by atoms with Crippen molar-refractivity contribution in [2.75, 3.05) is 5.73 Å². The lowest BCUT2D eigenvalue weighted by atomic mass is 10.3. The molecule has 0 saturated carbocycles. The number of imidazole rings is 1. The number of benzene rings is 1. The quantitative estimate of drug-likeness (QED) is 0.645. The highest BCUT2D eigenvalue weighted by Crippen LogP contribution is 2.20. The summed E-state index contributed by atoms with van der Waals surface area (Å²) in [5.74, 6) is 0.907. The third-order valence-electron chi connectivity index (χ3n) is 2.71. The molecule has 0 amide bonds. The van der Waals surface area contributed by atoms with Crippen molar-refractivity contribution in [3.63, 3.8) is 0 Å². The number of nitrogen functional groups attached to an aromatic ring is 1. The predicted molar refractivity (Wildman–Crippen MR) is 68.0 cm³/mol. The van der Waals surface area contributed by atoms with Crippen LogP contribution in [0.4, 0.5) is 5.69 Å². The van der Waals surface area contributed by atoms with E-state index in [-0.39, 0.29) is 0 Å². The maximum absolute atomic E-state index is 5.80. The van der Waals surface area contributed by atoms with E-state index in [0.29, 0.717) is 0 Å². The molecule has 0 unspecified atom stereocenters. The molecule has 0 bridgehead atoms. The number of hydrogen-bond donors (Lipinski definition) is 1. The summed E-state index contributed by atoms with van der Waals surface area (Å²) in [6, 6.07) is 11.6. The summed E-state index contributed by atoms with van der Waals surface area (Å²) in [6.45, 7) is 1.96. The minimum atomic E-state index is 0.736. The normalized spacial score (nSPS) is 10.9. The van der Waals surface area contributed by atoms with Gasteiger partial charge in [-0.2, -0.15) is 0 Å². The first kappa shape index (κ1) is 9.84. The Kier molecular flexibility index (Phi) is 2.08. The maximum atomic E-state index is 5.80. The molecule has 2 N–H and O–H groups in total. The molecule has 2 heterocycles. The predicted octanol–water partition coefficient (Wildman–Crippen LogP) is 2.31. The molecule has 84 valence electrons. The smallest absolute Gasteiger partial charge is 0.164 e. The largest absolute Gasteiger partial charge is 0.399 e. The second-order valence-electron chi connectivity index (χ2n) is 3.94. The summed E-state index contributed by atoms with van der Waals surface area (Å²) in [5.41, 5.74) is 9.28. The number of anilines is 1. The van der Waals surface area contributed by atoms with E-state index >= 15 is 0 Å². The number of hydrogen-bond acceptors (Lipinski definition) is 3. The van der Waals surface area contributed by atoms with Gasteiger partial charge in [-0.1, -0.05) is 6.07 Å². The molecule has 0 atom stereocenters. The molecule has 4 heteroatoms. The Morgan fingerprint density at radius 3 is 2.88 bits per heavy atom. The van der Waals surface area contributed by atoms with Crippen LogP contribution < -0.4 is 5.73 Å². The zero-order chi connectivity index (χ0) is 11.8. The molecule has 0 saturated heterocycles. The summed E-state index contributed by atoms with van der Waals surface area (Å²) in [4.78, 5) is 8.85. The number of rotatable bonds is 1. The first-order chi connectivity index (χ1) is 8.25. The molecule has 0 spiro atoms. The fourth-order valence-electron chi connectivity index (χ4n) is 2.00. The molecule has 0 aliphatic heterocycles. The van der Waals surface area contributed by atoms with E-state index in [1.165, 1.54) is 0 Å². The molecule has 0 radical (unpaired) electrons. The molecule has 0 fully saturated rings. The van der Waals surface area contributed by atoms with E-state index in [4.69, 9.17) is 5.73 Å². The van der Waals surface area contributed by atoms with Gasteiger partial charge >= 0.3 is 0 Å². The highest BCUT2D eigenvalue weighted by molar-refractivity contribution is 5.74. The number of fused-ring (bicyclic) bond motifs is 1. The van der Waals surface area contributed by atoms with Crippen molar-refractivity contribution in [1.29, 1.82) is 0 Å². The van der Waals surface area contributed by atoms with E-state index in [1.807, 2.05) is 47.9 Å². The molecule has 1 aromatic carbocycles. The van der Waals surface area contributed by atoms with Crippen molar-refractivity contribution in [2.24, 2.45) is 0 Å². The second kappa shape index (κ2) is 3.59. The van der Waals surface area contributed by atoms with Crippen LogP contribution in [-0.2, 0) is 0 Å². The summed E-state index contributed by atoms with van der Waals surface area (Å²) < 4.78 is 2.01. The highest BCUT2D eigenvalue weighted by Gasteiger charge is 2.09. The Bertz CT molecular complexity index is 685. The van der Waals surface area contributed by atoms with Gasteiger partial charge in [0.2, 0.25) is 0 Å². The minimum absolute atomic E-state index is 0.736. The van der Waals surface area contributed by atoms with Crippen molar-refractivity contribution in [1.82, 2.24) is 14.5 Å². The van der Waals surface area contributed by atoms with Crippen LogP contribution >= 0.6 is 0 Å². The summed E-state index contributed by atoms with van der Waals surface area (Å²) in [7, 11) is 0. The van der Waals surface area contributed by atoms with Gasteiger partial charge in [0.25, 0.3) is 0 Å². The van der Waals surface area contributed by atoms with Gasteiger partial charge in [0.15, 0.2) is 5.65 Å². The van der Waals surface area contributed by atoms with Crippen LogP contribution in [-0.4, -0.2) is 14.5 Å². The van der Waals surface area contributed by atoms with Crippen LogP contribution in [0.1, 0.15) is 5.82 Å². The molecule has 17 heavy (non-hydrogen) atoms. The monoisotopic (exact) mass is 224 g/mol. The van der Waals surface area contributed by atoms with E-state index in [1.54, 1.807) is 6.20 Å². The fourth-order valence-corrected chi connectivity index (χ4v) is 2.00. The molecule has 0 aliphatic rings. The van der Waals surface area contributed by atoms with Crippen LogP contribution in [0.2, 0.25) is 0 Å². The van der Waals surface area contributed by atoms with Gasteiger partial charge < -0.3 is 5.73 Å². The molecule has 3 rings (SSSR count). The van der Waals surface area contributed by atoms with Gasteiger partial charge in [-0.05, 0) is 37.3 Å². The molecule has 3 aromatic rings. The number of pyridine rings is 1. The highest BCUT2D eigenvalue weighted by atomic mass is 15.1. The first-order valence-corrected chi connectivity index (χ1v) is 5.42. The van der Waals surface area contributed by atoms with Crippen LogP contribution in [0.25, 0.3) is 16.9 Å². The van der Waals surface area contributed by atoms with Crippen molar-refractivity contribution >= 4 is 16.9 Å². The Morgan fingerprint density at radius 1 is 1.18 bits per heavy atom. The van der Waals surface area contributed by atoms with Gasteiger partial charge in [0.1, 0.15) is 11.3 Å². The van der Waals surface area contributed by atoms with Gasteiger partial charge in [0.05, 0.1) is 5.69 Å². The Labute approximate surface area is 98.7 Å². The van der Waals surface area contributed by atoms with Gasteiger partial charge in [0, 0.05) is 11.9 Å². The van der Waals surface area contributed by atoms with Gasteiger partial charge in [-0.3, -0.25) is 4.57 Å². The van der Waals surface area contributed by atoms with Crippen molar-refractivity contribution in [3.8, 4) is 5.69 Å². The van der Waals surface area contributed by atoms with Crippen molar-refractivity contribution in [3.05, 3.63) is 48.4 Å². The average molecular weight is 224 g/mol. The van der Waals surface area contributed by atoms with Crippen LogP contribution in [0.3, 0.4) is 0 Å². The molecule has 0 aliphatic carbocycles.